The second-order valence-electron chi connectivity index (χ2n) is 6.02. The van der Waals surface area contributed by atoms with E-state index in [2.05, 4.69) is 10.1 Å². The van der Waals surface area contributed by atoms with Crippen molar-refractivity contribution in [3.05, 3.63) is 47.5 Å². The number of benzene rings is 1. The number of nitrogens with zero attached hydrogens (tertiary/aromatic N) is 4. The standard InChI is InChI=1S/C16H18F2N4O/c1-21(9-14-19-10-20-22(14)2)15(23)16(6-3-7-16)12-5-4-11(17)8-13(12)18/h4-5,8,10H,3,6-7,9H2,1-2H3. The highest BCUT2D eigenvalue weighted by Crippen LogP contribution is 2.46. The summed E-state index contributed by atoms with van der Waals surface area (Å²) in [6.45, 7) is 0.292. The molecular weight excluding hydrogens is 302 g/mol. The third-order valence-corrected chi connectivity index (χ3v) is 4.59. The average molecular weight is 320 g/mol. The van der Waals surface area contributed by atoms with E-state index in [1.807, 2.05) is 0 Å². The molecule has 0 radical (unpaired) electrons. The summed E-state index contributed by atoms with van der Waals surface area (Å²) in [7, 11) is 3.41. The van der Waals surface area contributed by atoms with Gasteiger partial charge >= 0.3 is 0 Å². The van der Waals surface area contributed by atoms with Crippen LogP contribution >= 0.6 is 0 Å². The molecule has 1 aliphatic carbocycles. The number of amides is 1. The largest absolute Gasteiger partial charge is 0.337 e. The summed E-state index contributed by atoms with van der Waals surface area (Å²) in [5.41, 5.74) is -0.620. The predicted molar refractivity (Wildman–Crippen MR) is 79.4 cm³/mol. The van der Waals surface area contributed by atoms with Crippen LogP contribution < -0.4 is 0 Å². The Morgan fingerprint density at radius 3 is 2.65 bits per heavy atom. The minimum atomic E-state index is -0.898. The number of likely N-dealkylation sites (N-methyl/N-ethyl adjacent to an activating group) is 1. The Morgan fingerprint density at radius 2 is 2.13 bits per heavy atom. The highest BCUT2D eigenvalue weighted by atomic mass is 19.1. The zero-order chi connectivity index (χ0) is 16.6. The summed E-state index contributed by atoms with van der Waals surface area (Å²) < 4.78 is 28.9. The van der Waals surface area contributed by atoms with E-state index in [-0.39, 0.29) is 11.5 Å². The van der Waals surface area contributed by atoms with E-state index in [0.717, 1.165) is 12.5 Å². The van der Waals surface area contributed by atoms with Crippen molar-refractivity contribution in [1.82, 2.24) is 19.7 Å². The van der Waals surface area contributed by atoms with Crippen molar-refractivity contribution in [2.45, 2.75) is 31.2 Å². The van der Waals surface area contributed by atoms with Gasteiger partial charge in [0.15, 0.2) is 0 Å². The fraction of sp³-hybridized carbons (Fsp3) is 0.438. The van der Waals surface area contributed by atoms with Gasteiger partial charge in [-0.15, -0.1) is 0 Å². The Hall–Kier alpha value is -2.31. The van der Waals surface area contributed by atoms with Gasteiger partial charge in [-0.3, -0.25) is 9.48 Å². The van der Waals surface area contributed by atoms with Crippen LogP contribution in [0.2, 0.25) is 0 Å². The highest BCUT2D eigenvalue weighted by molar-refractivity contribution is 5.89. The topological polar surface area (TPSA) is 51.0 Å². The second-order valence-corrected chi connectivity index (χ2v) is 6.02. The minimum Gasteiger partial charge on any atom is -0.337 e. The first kappa shape index (κ1) is 15.6. The molecule has 1 aromatic heterocycles. The van der Waals surface area contributed by atoms with Gasteiger partial charge in [0.1, 0.15) is 23.8 Å². The fourth-order valence-corrected chi connectivity index (χ4v) is 3.12. The molecule has 1 heterocycles. The summed E-state index contributed by atoms with van der Waals surface area (Å²) >= 11 is 0. The van der Waals surface area contributed by atoms with Crippen molar-refractivity contribution in [2.24, 2.45) is 7.05 Å². The molecule has 1 saturated carbocycles. The molecule has 0 spiro atoms. The van der Waals surface area contributed by atoms with Gasteiger partial charge in [0, 0.05) is 25.7 Å². The molecule has 3 rings (SSSR count). The molecule has 122 valence electrons. The predicted octanol–water partition coefficient (Wildman–Crippen LogP) is 2.17. The van der Waals surface area contributed by atoms with Gasteiger partial charge in [0.05, 0.1) is 12.0 Å². The van der Waals surface area contributed by atoms with Crippen molar-refractivity contribution in [3.8, 4) is 0 Å². The van der Waals surface area contributed by atoms with E-state index in [1.165, 1.54) is 23.4 Å². The normalized spacial score (nSPS) is 16.0. The Morgan fingerprint density at radius 1 is 1.39 bits per heavy atom. The molecular formula is C16H18F2N4O. The highest BCUT2D eigenvalue weighted by Gasteiger charge is 2.48. The Labute approximate surface area is 132 Å². The molecule has 0 unspecified atom stereocenters. The van der Waals surface area contributed by atoms with Crippen LogP contribution in [0.15, 0.2) is 24.5 Å². The average Bonchev–Trinajstić information content (AvgIpc) is 2.85. The third-order valence-electron chi connectivity index (χ3n) is 4.59. The van der Waals surface area contributed by atoms with Crippen molar-refractivity contribution in [3.63, 3.8) is 0 Å². The molecule has 2 aromatic rings. The SMILES string of the molecule is CN(Cc1ncnn1C)C(=O)C1(c2ccc(F)cc2F)CCC1. The van der Waals surface area contributed by atoms with Crippen LogP contribution in [0.4, 0.5) is 8.78 Å². The van der Waals surface area contributed by atoms with Gasteiger partial charge < -0.3 is 4.90 Å². The maximum absolute atomic E-state index is 14.2. The first-order chi connectivity index (χ1) is 10.9. The molecule has 0 atom stereocenters. The number of carbonyl (C=O) groups is 1. The molecule has 0 saturated heterocycles. The van der Waals surface area contributed by atoms with E-state index >= 15 is 0 Å². The van der Waals surface area contributed by atoms with Gasteiger partial charge in [-0.05, 0) is 18.9 Å². The van der Waals surface area contributed by atoms with E-state index in [1.54, 1.807) is 18.8 Å². The number of carbonyl (C=O) groups excluding carboxylic acids is 1. The van der Waals surface area contributed by atoms with E-state index < -0.39 is 17.0 Å². The molecule has 5 nitrogen and oxygen atoms in total. The van der Waals surface area contributed by atoms with Gasteiger partial charge in [0.25, 0.3) is 0 Å². The quantitative estimate of drug-likeness (QED) is 0.867. The first-order valence-electron chi connectivity index (χ1n) is 7.48. The van der Waals surface area contributed by atoms with Crippen LogP contribution in [-0.2, 0) is 23.8 Å². The lowest BCUT2D eigenvalue weighted by molar-refractivity contribution is -0.140. The van der Waals surface area contributed by atoms with Crippen molar-refractivity contribution < 1.29 is 13.6 Å². The summed E-state index contributed by atoms with van der Waals surface area (Å²) in [5.74, 6) is -0.821. The van der Waals surface area contributed by atoms with Crippen molar-refractivity contribution in [2.75, 3.05) is 7.05 Å². The Kier molecular flexibility index (Phi) is 3.87. The summed E-state index contributed by atoms with van der Waals surface area (Å²) in [6, 6.07) is 3.43. The van der Waals surface area contributed by atoms with Gasteiger partial charge in [-0.2, -0.15) is 5.10 Å². The van der Waals surface area contributed by atoms with Crippen LogP contribution in [0, 0.1) is 11.6 Å². The lowest BCUT2D eigenvalue weighted by atomic mass is 9.63. The Bertz CT molecular complexity index is 739. The number of aromatic nitrogens is 3. The minimum absolute atomic E-state index is 0.169. The van der Waals surface area contributed by atoms with Crippen LogP contribution in [-0.4, -0.2) is 32.6 Å². The maximum atomic E-state index is 14.2. The van der Waals surface area contributed by atoms with Gasteiger partial charge in [-0.25, -0.2) is 13.8 Å². The maximum Gasteiger partial charge on any atom is 0.233 e. The molecule has 0 N–H and O–H groups in total. The third kappa shape index (κ3) is 2.60. The van der Waals surface area contributed by atoms with Gasteiger partial charge in [-0.1, -0.05) is 12.5 Å². The van der Waals surface area contributed by atoms with Gasteiger partial charge in [0.2, 0.25) is 5.91 Å². The summed E-state index contributed by atoms with van der Waals surface area (Å²) in [6.07, 6.45) is 3.40. The molecule has 0 bridgehead atoms. The lowest BCUT2D eigenvalue weighted by Crippen LogP contribution is -2.50. The molecule has 1 fully saturated rings. The van der Waals surface area contributed by atoms with E-state index in [9.17, 15) is 13.6 Å². The summed E-state index contributed by atoms with van der Waals surface area (Å²) in [4.78, 5) is 18.6. The zero-order valence-corrected chi connectivity index (χ0v) is 13.1. The number of aryl methyl sites for hydroxylation is 1. The first-order valence-corrected chi connectivity index (χ1v) is 7.48. The number of rotatable bonds is 4. The second kappa shape index (κ2) is 5.72. The van der Waals surface area contributed by atoms with E-state index in [4.69, 9.17) is 0 Å². The number of halogens is 2. The molecule has 7 heteroatoms. The molecule has 1 aliphatic rings. The van der Waals surface area contributed by atoms with Crippen molar-refractivity contribution in [1.29, 1.82) is 0 Å². The monoisotopic (exact) mass is 320 g/mol. The van der Waals surface area contributed by atoms with Crippen LogP contribution in [0.1, 0.15) is 30.7 Å². The molecule has 1 amide bonds. The fourth-order valence-electron chi connectivity index (χ4n) is 3.12. The molecule has 1 aromatic carbocycles. The van der Waals surface area contributed by atoms with Crippen LogP contribution in [0.3, 0.4) is 0 Å². The lowest BCUT2D eigenvalue weighted by Gasteiger charge is -2.43. The number of hydrogen-bond acceptors (Lipinski definition) is 3. The smallest absolute Gasteiger partial charge is 0.233 e. The van der Waals surface area contributed by atoms with E-state index in [0.29, 0.717) is 25.2 Å². The molecule has 23 heavy (non-hydrogen) atoms. The van der Waals surface area contributed by atoms with Crippen LogP contribution in [0.5, 0.6) is 0 Å². The number of hydrogen-bond donors (Lipinski definition) is 0. The Balaban J connectivity index is 1.87. The zero-order valence-electron chi connectivity index (χ0n) is 13.1. The molecule has 0 aliphatic heterocycles. The van der Waals surface area contributed by atoms with Crippen molar-refractivity contribution >= 4 is 5.91 Å². The van der Waals surface area contributed by atoms with Crippen LogP contribution in [0.25, 0.3) is 0 Å². The summed E-state index contributed by atoms with van der Waals surface area (Å²) in [5, 5.41) is 3.97.